The predicted molar refractivity (Wildman–Crippen MR) is 109 cm³/mol. The van der Waals surface area contributed by atoms with Gasteiger partial charge in [0.2, 0.25) is 5.91 Å². The number of aromatic nitrogens is 4. The maximum Gasteiger partial charge on any atom is 0.227 e. The van der Waals surface area contributed by atoms with E-state index in [1.54, 1.807) is 13.3 Å². The predicted octanol–water partition coefficient (Wildman–Crippen LogP) is 1.87. The smallest absolute Gasteiger partial charge is 0.227 e. The molecule has 0 N–H and O–H groups in total. The number of nitrogens with zero attached hydrogens (tertiary/aromatic N) is 6. The van der Waals surface area contributed by atoms with Gasteiger partial charge in [-0.3, -0.25) is 9.36 Å². The van der Waals surface area contributed by atoms with Crippen molar-refractivity contribution in [1.82, 2.24) is 24.6 Å². The average molecular weight is 392 g/mol. The van der Waals surface area contributed by atoms with Crippen molar-refractivity contribution in [1.29, 1.82) is 0 Å². The van der Waals surface area contributed by atoms with E-state index in [2.05, 4.69) is 20.1 Å². The number of carbonyl (C=O) groups is 1. The largest absolute Gasteiger partial charge is 0.496 e. The number of amides is 1. The van der Waals surface area contributed by atoms with E-state index in [1.165, 1.54) is 0 Å². The number of benzene rings is 1. The van der Waals surface area contributed by atoms with Gasteiger partial charge >= 0.3 is 0 Å². The monoisotopic (exact) mass is 392 g/mol. The summed E-state index contributed by atoms with van der Waals surface area (Å²) in [6.45, 7) is 4.72. The van der Waals surface area contributed by atoms with E-state index in [-0.39, 0.29) is 5.91 Å². The number of rotatable bonds is 5. The molecule has 0 unspecified atom stereocenters. The second-order valence-corrected chi connectivity index (χ2v) is 6.95. The molecule has 1 aliphatic rings. The van der Waals surface area contributed by atoms with Gasteiger partial charge in [0.25, 0.3) is 0 Å². The van der Waals surface area contributed by atoms with Crippen LogP contribution in [0.25, 0.3) is 5.82 Å². The third kappa shape index (κ3) is 4.06. The van der Waals surface area contributed by atoms with Crippen LogP contribution in [0.4, 0.5) is 5.82 Å². The normalized spacial score (nSPS) is 14.1. The Hall–Kier alpha value is -3.42. The van der Waals surface area contributed by atoms with Gasteiger partial charge in [0, 0.05) is 44.1 Å². The molecule has 0 spiro atoms. The Bertz CT molecular complexity index is 977. The fraction of sp³-hybridized carbons (Fsp3) is 0.333. The van der Waals surface area contributed by atoms with Crippen LogP contribution in [0, 0.1) is 6.92 Å². The van der Waals surface area contributed by atoms with Crippen LogP contribution >= 0.6 is 0 Å². The van der Waals surface area contributed by atoms with E-state index < -0.39 is 0 Å². The minimum atomic E-state index is 0.117. The molecule has 8 heteroatoms. The number of anilines is 1. The zero-order chi connectivity index (χ0) is 20.2. The third-order valence-corrected chi connectivity index (χ3v) is 5.20. The Morgan fingerprint density at radius 3 is 2.41 bits per heavy atom. The Kier molecular flexibility index (Phi) is 5.41. The van der Waals surface area contributed by atoms with Gasteiger partial charge in [0.1, 0.15) is 11.6 Å². The second kappa shape index (κ2) is 8.30. The average Bonchev–Trinajstić information content (AvgIpc) is 3.20. The van der Waals surface area contributed by atoms with Gasteiger partial charge in [-0.15, -0.1) is 10.2 Å². The van der Waals surface area contributed by atoms with Gasteiger partial charge in [-0.2, -0.15) is 0 Å². The fourth-order valence-corrected chi connectivity index (χ4v) is 3.54. The standard InChI is InChI=1S/C21H24N6O2/c1-16-22-9-10-27(16)20-8-7-19(23-24-20)25-11-13-26(14-12-25)21(28)15-17-5-3-4-6-18(17)29-2/h3-10H,11-15H2,1-2H3. The van der Waals surface area contributed by atoms with Gasteiger partial charge < -0.3 is 14.5 Å². The van der Waals surface area contributed by atoms with Crippen LogP contribution in [-0.2, 0) is 11.2 Å². The number of piperazine rings is 1. The van der Waals surface area contributed by atoms with Crippen LogP contribution < -0.4 is 9.64 Å². The molecule has 8 nitrogen and oxygen atoms in total. The van der Waals surface area contributed by atoms with Crippen molar-refractivity contribution < 1.29 is 9.53 Å². The first-order chi connectivity index (χ1) is 14.2. The summed E-state index contributed by atoms with van der Waals surface area (Å²) in [6, 6.07) is 11.6. The molecular weight excluding hydrogens is 368 g/mol. The minimum absolute atomic E-state index is 0.117. The van der Waals surface area contributed by atoms with Crippen LogP contribution in [-0.4, -0.2) is 63.8 Å². The summed E-state index contributed by atoms with van der Waals surface area (Å²) in [5.74, 6) is 3.31. The molecule has 29 heavy (non-hydrogen) atoms. The van der Waals surface area contributed by atoms with Crippen molar-refractivity contribution >= 4 is 11.7 Å². The van der Waals surface area contributed by atoms with E-state index >= 15 is 0 Å². The van der Waals surface area contributed by atoms with Gasteiger partial charge in [-0.1, -0.05) is 18.2 Å². The molecular formula is C21H24N6O2. The molecule has 1 aromatic carbocycles. The molecule has 2 aromatic heterocycles. The molecule has 3 aromatic rings. The molecule has 1 saturated heterocycles. The Balaban J connectivity index is 1.35. The number of carbonyl (C=O) groups excluding carboxylic acids is 1. The van der Waals surface area contributed by atoms with Gasteiger partial charge in [0.05, 0.1) is 13.5 Å². The van der Waals surface area contributed by atoms with Gasteiger partial charge in [-0.25, -0.2) is 4.98 Å². The molecule has 3 heterocycles. The van der Waals surface area contributed by atoms with Crippen molar-refractivity contribution in [3.8, 4) is 11.6 Å². The van der Waals surface area contributed by atoms with Crippen LogP contribution in [0.3, 0.4) is 0 Å². The summed E-state index contributed by atoms with van der Waals surface area (Å²) in [5.41, 5.74) is 0.915. The quantitative estimate of drug-likeness (QED) is 0.660. The number of hydrogen-bond acceptors (Lipinski definition) is 6. The second-order valence-electron chi connectivity index (χ2n) is 6.95. The van der Waals surface area contributed by atoms with Crippen molar-refractivity contribution in [3.05, 3.63) is 60.2 Å². The first-order valence-corrected chi connectivity index (χ1v) is 9.64. The molecule has 0 atom stereocenters. The Morgan fingerprint density at radius 1 is 1.03 bits per heavy atom. The van der Waals surface area contributed by atoms with E-state index in [1.807, 2.05) is 59.0 Å². The molecule has 4 rings (SSSR count). The highest BCUT2D eigenvalue weighted by Crippen LogP contribution is 2.20. The number of para-hydroxylation sites is 1. The van der Waals surface area contributed by atoms with Crippen LogP contribution in [0.5, 0.6) is 5.75 Å². The zero-order valence-corrected chi connectivity index (χ0v) is 16.7. The summed E-state index contributed by atoms with van der Waals surface area (Å²) < 4.78 is 7.25. The topological polar surface area (TPSA) is 76.4 Å². The first kappa shape index (κ1) is 18.9. The SMILES string of the molecule is COc1ccccc1CC(=O)N1CCN(c2ccc(-n3ccnc3C)nn2)CC1. The Labute approximate surface area is 169 Å². The minimum Gasteiger partial charge on any atom is -0.496 e. The summed E-state index contributed by atoms with van der Waals surface area (Å²) in [5, 5.41) is 8.69. The lowest BCUT2D eigenvalue weighted by atomic mass is 10.1. The fourth-order valence-electron chi connectivity index (χ4n) is 3.54. The summed E-state index contributed by atoms with van der Waals surface area (Å²) >= 11 is 0. The molecule has 0 saturated carbocycles. The number of methoxy groups -OCH3 is 1. The van der Waals surface area contributed by atoms with Gasteiger partial charge in [0.15, 0.2) is 11.6 Å². The van der Waals surface area contributed by atoms with Crippen molar-refractivity contribution in [3.63, 3.8) is 0 Å². The highest BCUT2D eigenvalue weighted by Gasteiger charge is 2.23. The van der Waals surface area contributed by atoms with E-state index in [4.69, 9.17) is 4.74 Å². The maximum atomic E-state index is 12.7. The molecule has 0 bridgehead atoms. The highest BCUT2D eigenvalue weighted by molar-refractivity contribution is 5.79. The highest BCUT2D eigenvalue weighted by atomic mass is 16.5. The number of hydrogen-bond donors (Lipinski definition) is 0. The molecule has 1 aliphatic heterocycles. The van der Waals surface area contributed by atoms with Crippen molar-refractivity contribution in [2.45, 2.75) is 13.3 Å². The number of ether oxygens (including phenoxy) is 1. The van der Waals surface area contributed by atoms with E-state index in [0.29, 0.717) is 19.5 Å². The first-order valence-electron chi connectivity index (χ1n) is 9.64. The number of imidazole rings is 1. The Morgan fingerprint density at radius 2 is 1.76 bits per heavy atom. The lowest BCUT2D eigenvalue weighted by Crippen LogP contribution is -2.49. The van der Waals surface area contributed by atoms with E-state index in [0.717, 1.165) is 41.9 Å². The molecule has 1 fully saturated rings. The third-order valence-electron chi connectivity index (χ3n) is 5.20. The lowest BCUT2D eigenvalue weighted by Gasteiger charge is -2.35. The van der Waals surface area contributed by atoms with Crippen molar-refractivity contribution in [2.75, 3.05) is 38.2 Å². The van der Waals surface area contributed by atoms with Crippen LogP contribution in [0.15, 0.2) is 48.8 Å². The van der Waals surface area contributed by atoms with Crippen LogP contribution in [0.2, 0.25) is 0 Å². The summed E-state index contributed by atoms with van der Waals surface area (Å²) in [6.07, 6.45) is 3.96. The molecule has 0 radical (unpaired) electrons. The van der Waals surface area contributed by atoms with Crippen molar-refractivity contribution in [2.24, 2.45) is 0 Å². The number of aryl methyl sites for hydroxylation is 1. The summed E-state index contributed by atoms with van der Waals surface area (Å²) in [4.78, 5) is 21.0. The molecule has 150 valence electrons. The summed E-state index contributed by atoms with van der Waals surface area (Å²) in [7, 11) is 1.63. The lowest BCUT2D eigenvalue weighted by molar-refractivity contribution is -0.130. The van der Waals surface area contributed by atoms with E-state index in [9.17, 15) is 4.79 Å². The van der Waals surface area contributed by atoms with Crippen LogP contribution in [0.1, 0.15) is 11.4 Å². The molecule has 1 amide bonds. The zero-order valence-electron chi connectivity index (χ0n) is 16.7. The molecule has 0 aliphatic carbocycles. The maximum absolute atomic E-state index is 12.7. The van der Waals surface area contributed by atoms with Gasteiger partial charge in [-0.05, 0) is 25.1 Å².